The van der Waals surface area contributed by atoms with E-state index >= 15 is 0 Å². The molecule has 4 heterocycles. The molecule has 3 aromatic rings. The van der Waals surface area contributed by atoms with Gasteiger partial charge in [0, 0.05) is 37.5 Å². The molecule has 1 aliphatic heterocycles. The van der Waals surface area contributed by atoms with Crippen LogP contribution in [-0.4, -0.2) is 36.0 Å². The second-order valence-electron chi connectivity index (χ2n) is 5.29. The summed E-state index contributed by atoms with van der Waals surface area (Å²) in [7, 11) is -3.44. The lowest BCUT2D eigenvalue weighted by Crippen LogP contribution is -2.48. The smallest absolute Gasteiger partial charge is 0.252 e. The van der Waals surface area contributed by atoms with Gasteiger partial charge in [-0.15, -0.1) is 11.3 Å². The Morgan fingerprint density at radius 2 is 1.87 bits per heavy atom. The van der Waals surface area contributed by atoms with Crippen molar-refractivity contribution in [2.24, 2.45) is 0 Å². The molecule has 0 spiro atoms. The highest BCUT2D eigenvalue weighted by atomic mass is 32.2. The maximum atomic E-state index is 12.7. The van der Waals surface area contributed by atoms with E-state index in [0.717, 1.165) is 10.4 Å². The van der Waals surface area contributed by atoms with E-state index < -0.39 is 10.0 Å². The third-order valence-corrected chi connectivity index (χ3v) is 7.28. The summed E-state index contributed by atoms with van der Waals surface area (Å²) < 4.78 is 32.2. The van der Waals surface area contributed by atoms with Crippen LogP contribution < -0.4 is 0 Å². The van der Waals surface area contributed by atoms with E-state index in [1.165, 1.54) is 21.8 Å². The van der Waals surface area contributed by atoms with Gasteiger partial charge in [-0.05, 0) is 29.8 Å². The van der Waals surface area contributed by atoms with Crippen molar-refractivity contribution >= 4 is 21.4 Å². The molecule has 0 bridgehead atoms. The number of hydrogen-bond acceptors (Lipinski definition) is 6. The zero-order valence-electron chi connectivity index (χ0n) is 12.0. The third kappa shape index (κ3) is 2.58. The van der Waals surface area contributed by atoms with Crippen LogP contribution in [0.1, 0.15) is 11.5 Å². The molecule has 0 radical (unpaired) electrons. The average molecular weight is 347 g/mol. The standard InChI is InChI=1S/C15H13N3O3S2/c19-23(20,15-2-1-14(22-15)13-5-8-17-21-13)18-9-12(10-18)11-3-6-16-7-4-11/h1-8,12H,9-10H2. The maximum absolute atomic E-state index is 12.7. The van der Waals surface area contributed by atoms with Gasteiger partial charge in [0.05, 0.1) is 11.1 Å². The van der Waals surface area contributed by atoms with Gasteiger partial charge in [-0.25, -0.2) is 8.42 Å². The molecule has 0 amide bonds. The summed E-state index contributed by atoms with van der Waals surface area (Å²) in [6, 6.07) is 8.95. The average Bonchev–Trinajstić information content (AvgIpc) is 3.18. The predicted molar refractivity (Wildman–Crippen MR) is 85.6 cm³/mol. The van der Waals surface area contributed by atoms with Gasteiger partial charge < -0.3 is 4.52 Å². The molecule has 118 valence electrons. The quantitative estimate of drug-likeness (QED) is 0.725. The summed E-state index contributed by atoms with van der Waals surface area (Å²) in [6.07, 6.45) is 5.00. The van der Waals surface area contributed by atoms with Crippen LogP contribution in [0.3, 0.4) is 0 Å². The molecule has 8 heteroatoms. The normalized spacial score (nSPS) is 16.3. The number of hydrogen-bond donors (Lipinski definition) is 0. The fourth-order valence-corrected chi connectivity index (χ4v) is 5.49. The van der Waals surface area contributed by atoms with Crippen molar-refractivity contribution in [2.45, 2.75) is 10.1 Å². The molecule has 0 atom stereocenters. The summed E-state index contributed by atoms with van der Waals surface area (Å²) >= 11 is 1.20. The minimum absolute atomic E-state index is 0.237. The fraction of sp³-hybridized carbons (Fsp3) is 0.200. The highest BCUT2D eigenvalue weighted by Crippen LogP contribution is 2.36. The van der Waals surface area contributed by atoms with E-state index in [0.29, 0.717) is 23.1 Å². The van der Waals surface area contributed by atoms with Gasteiger partial charge in [0.2, 0.25) is 0 Å². The lowest BCUT2D eigenvalue weighted by molar-refractivity contribution is 0.264. The van der Waals surface area contributed by atoms with Crippen LogP contribution in [0.25, 0.3) is 10.6 Å². The highest BCUT2D eigenvalue weighted by Gasteiger charge is 2.38. The first kappa shape index (κ1) is 14.6. The zero-order valence-corrected chi connectivity index (χ0v) is 13.6. The summed E-state index contributed by atoms with van der Waals surface area (Å²) in [4.78, 5) is 4.74. The molecule has 0 aromatic carbocycles. The molecule has 23 heavy (non-hydrogen) atoms. The predicted octanol–water partition coefficient (Wildman–Crippen LogP) is 2.59. The van der Waals surface area contributed by atoms with Crippen LogP contribution in [0.5, 0.6) is 0 Å². The molecule has 3 aromatic heterocycles. The first-order valence-corrected chi connectivity index (χ1v) is 9.31. The molecular weight excluding hydrogens is 334 g/mol. The van der Waals surface area contributed by atoms with E-state index in [1.54, 1.807) is 30.6 Å². The molecule has 0 N–H and O–H groups in total. The SMILES string of the molecule is O=S(=O)(c1ccc(-c2ccno2)s1)N1CC(c2ccncc2)C1. The number of sulfonamides is 1. The summed E-state index contributed by atoms with van der Waals surface area (Å²) in [6.45, 7) is 1.00. The van der Waals surface area contributed by atoms with Gasteiger partial charge in [-0.2, -0.15) is 4.31 Å². The van der Waals surface area contributed by atoms with Crippen molar-refractivity contribution in [3.05, 3.63) is 54.5 Å². The van der Waals surface area contributed by atoms with Crippen molar-refractivity contribution in [2.75, 3.05) is 13.1 Å². The van der Waals surface area contributed by atoms with Gasteiger partial charge in [-0.1, -0.05) is 5.16 Å². The molecular formula is C15H13N3O3S2. The van der Waals surface area contributed by atoms with E-state index in [-0.39, 0.29) is 5.92 Å². The topological polar surface area (TPSA) is 76.3 Å². The zero-order chi connectivity index (χ0) is 15.9. The monoisotopic (exact) mass is 347 g/mol. The van der Waals surface area contributed by atoms with Crippen molar-refractivity contribution < 1.29 is 12.9 Å². The first-order valence-electron chi connectivity index (χ1n) is 7.05. The Bertz CT molecular complexity index is 899. The Balaban J connectivity index is 1.51. The molecule has 0 unspecified atom stereocenters. The van der Waals surface area contributed by atoms with Crippen LogP contribution in [0, 0.1) is 0 Å². The lowest BCUT2D eigenvalue weighted by atomic mass is 9.95. The minimum Gasteiger partial charge on any atom is -0.355 e. The Morgan fingerprint density at radius 3 is 2.57 bits per heavy atom. The summed E-state index contributed by atoms with van der Waals surface area (Å²) in [5.74, 6) is 0.816. The number of thiophene rings is 1. The molecule has 1 aliphatic rings. The van der Waals surface area contributed by atoms with Gasteiger partial charge in [0.1, 0.15) is 4.21 Å². The van der Waals surface area contributed by atoms with E-state index in [2.05, 4.69) is 10.1 Å². The number of rotatable bonds is 4. The van der Waals surface area contributed by atoms with Crippen LogP contribution in [0.4, 0.5) is 0 Å². The van der Waals surface area contributed by atoms with E-state index in [4.69, 9.17) is 4.52 Å². The van der Waals surface area contributed by atoms with Crippen molar-refractivity contribution in [1.29, 1.82) is 0 Å². The third-order valence-electron chi connectivity index (χ3n) is 3.88. The second-order valence-corrected chi connectivity index (χ2v) is 8.54. The summed E-state index contributed by atoms with van der Waals surface area (Å²) in [5.41, 5.74) is 1.12. The second kappa shape index (κ2) is 5.55. The number of nitrogens with zero attached hydrogens (tertiary/aromatic N) is 3. The highest BCUT2D eigenvalue weighted by molar-refractivity contribution is 7.91. The molecule has 4 rings (SSSR count). The maximum Gasteiger partial charge on any atom is 0.252 e. The molecule has 1 fully saturated rings. The Hall–Kier alpha value is -2.03. The minimum atomic E-state index is -3.44. The van der Waals surface area contributed by atoms with Crippen LogP contribution in [-0.2, 0) is 10.0 Å². The Labute approximate surface area is 137 Å². The van der Waals surface area contributed by atoms with Crippen LogP contribution in [0.15, 0.2) is 57.7 Å². The fourth-order valence-electron chi connectivity index (χ4n) is 2.54. The van der Waals surface area contributed by atoms with Gasteiger partial charge in [-0.3, -0.25) is 4.98 Å². The van der Waals surface area contributed by atoms with Gasteiger partial charge in [0.15, 0.2) is 5.76 Å². The van der Waals surface area contributed by atoms with Crippen molar-refractivity contribution in [1.82, 2.24) is 14.4 Å². The molecule has 6 nitrogen and oxygen atoms in total. The van der Waals surface area contributed by atoms with Crippen LogP contribution in [0.2, 0.25) is 0 Å². The Kier molecular flexibility index (Phi) is 3.51. The van der Waals surface area contributed by atoms with Gasteiger partial charge in [0.25, 0.3) is 10.0 Å². The number of pyridine rings is 1. The first-order chi connectivity index (χ1) is 11.1. The van der Waals surface area contributed by atoms with Crippen molar-refractivity contribution in [3.8, 4) is 10.6 Å². The van der Waals surface area contributed by atoms with Gasteiger partial charge >= 0.3 is 0 Å². The Morgan fingerprint density at radius 1 is 1.09 bits per heavy atom. The number of aromatic nitrogens is 2. The molecule has 0 saturated carbocycles. The lowest BCUT2D eigenvalue weighted by Gasteiger charge is -2.37. The molecule has 0 aliphatic carbocycles. The van der Waals surface area contributed by atoms with Crippen LogP contribution >= 0.6 is 11.3 Å². The summed E-state index contributed by atoms with van der Waals surface area (Å²) in [5, 5.41) is 3.64. The van der Waals surface area contributed by atoms with E-state index in [1.807, 2.05) is 12.1 Å². The largest absolute Gasteiger partial charge is 0.355 e. The van der Waals surface area contributed by atoms with E-state index in [9.17, 15) is 8.42 Å². The van der Waals surface area contributed by atoms with Crippen molar-refractivity contribution in [3.63, 3.8) is 0 Å². The molecule has 1 saturated heterocycles.